The molecule has 3 N–H and O–H groups in total. The van der Waals surface area contributed by atoms with E-state index in [2.05, 4.69) is 33.8 Å². The summed E-state index contributed by atoms with van der Waals surface area (Å²) in [6.07, 6.45) is 3.21. The van der Waals surface area contributed by atoms with Crippen molar-refractivity contribution in [3.63, 3.8) is 0 Å². The summed E-state index contributed by atoms with van der Waals surface area (Å²) in [5.41, 5.74) is 5.66. The number of hydrogen-bond acceptors (Lipinski definition) is 5. The maximum Gasteiger partial charge on any atom is 0.255 e. The summed E-state index contributed by atoms with van der Waals surface area (Å²) in [5, 5.41) is 7.33. The first-order valence-electron chi connectivity index (χ1n) is 10.1. The van der Waals surface area contributed by atoms with Gasteiger partial charge in [-0.2, -0.15) is 5.10 Å². The maximum absolute atomic E-state index is 14.6. The van der Waals surface area contributed by atoms with Crippen LogP contribution in [0, 0.1) is 23.5 Å². The molecule has 1 aliphatic rings. The quantitative estimate of drug-likeness (QED) is 0.460. The van der Waals surface area contributed by atoms with Crippen LogP contribution in [0.4, 0.5) is 14.6 Å². The zero-order chi connectivity index (χ0) is 23.9. The molecule has 0 radical (unpaired) electrons. The summed E-state index contributed by atoms with van der Waals surface area (Å²) in [6, 6.07) is 1.10. The van der Waals surface area contributed by atoms with Crippen molar-refractivity contribution in [1.82, 2.24) is 24.2 Å². The summed E-state index contributed by atoms with van der Waals surface area (Å²) in [6.45, 7) is 4.36. The summed E-state index contributed by atoms with van der Waals surface area (Å²) in [7, 11) is 3.16. The average Bonchev–Trinajstić information content (AvgIpc) is 3.51. The van der Waals surface area contributed by atoms with E-state index < -0.39 is 17.5 Å². The summed E-state index contributed by atoms with van der Waals surface area (Å²) in [5.74, 6) is 2.37. The lowest BCUT2D eigenvalue weighted by molar-refractivity contribution is -0.125. The van der Waals surface area contributed by atoms with E-state index in [1.807, 2.05) is 0 Å². The van der Waals surface area contributed by atoms with Gasteiger partial charge in [0.05, 0.1) is 23.4 Å². The molecular formula is C22H21F2N7O2. The molecule has 0 bridgehead atoms. The van der Waals surface area contributed by atoms with Crippen molar-refractivity contribution in [2.75, 3.05) is 25.5 Å². The van der Waals surface area contributed by atoms with E-state index in [4.69, 9.17) is 5.73 Å². The lowest BCUT2D eigenvalue weighted by Gasteiger charge is -2.16. The van der Waals surface area contributed by atoms with Crippen molar-refractivity contribution in [1.29, 1.82) is 0 Å². The summed E-state index contributed by atoms with van der Waals surface area (Å²) >= 11 is 0. The zero-order valence-corrected chi connectivity index (χ0v) is 18.0. The molecule has 2 aromatic heterocycles. The Kier molecular flexibility index (Phi) is 5.59. The molecule has 2 amide bonds. The number of imidazole rings is 1. The Balaban J connectivity index is 1.77. The number of aryl methyl sites for hydroxylation is 1. The molecule has 1 aliphatic heterocycles. The van der Waals surface area contributed by atoms with Crippen LogP contribution in [0.2, 0.25) is 0 Å². The van der Waals surface area contributed by atoms with Gasteiger partial charge in [0.15, 0.2) is 17.3 Å². The molecule has 1 aromatic carbocycles. The van der Waals surface area contributed by atoms with Gasteiger partial charge in [0.1, 0.15) is 16.9 Å². The normalized spacial score (nSPS) is 15.4. The smallest absolute Gasteiger partial charge is 0.255 e. The third kappa shape index (κ3) is 3.69. The van der Waals surface area contributed by atoms with Crippen molar-refractivity contribution in [3.8, 4) is 11.8 Å². The topological polar surface area (TPSA) is 111 Å². The largest absolute Gasteiger partial charge is 0.373 e. The van der Waals surface area contributed by atoms with E-state index in [0.29, 0.717) is 25.3 Å². The lowest BCUT2D eigenvalue weighted by atomic mass is 10.1. The van der Waals surface area contributed by atoms with Gasteiger partial charge in [-0.1, -0.05) is 12.5 Å². The molecule has 170 valence electrons. The van der Waals surface area contributed by atoms with Crippen molar-refractivity contribution < 1.29 is 18.4 Å². The van der Waals surface area contributed by atoms with Gasteiger partial charge >= 0.3 is 0 Å². The molecule has 3 heterocycles. The fourth-order valence-electron chi connectivity index (χ4n) is 3.99. The van der Waals surface area contributed by atoms with E-state index in [0.717, 1.165) is 0 Å². The number of fused-ring (bicyclic) bond motifs is 1. The number of amides is 2. The molecule has 9 nitrogen and oxygen atoms in total. The van der Waals surface area contributed by atoms with Gasteiger partial charge in [-0.3, -0.25) is 9.59 Å². The molecule has 3 aromatic rings. The highest BCUT2D eigenvalue weighted by Crippen LogP contribution is 2.29. The number of primary amides is 1. The number of carbonyl (C=O) groups is 2. The van der Waals surface area contributed by atoms with Crippen molar-refractivity contribution in [3.05, 3.63) is 53.5 Å². The predicted octanol–water partition coefficient (Wildman–Crippen LogP) is 1.55. The second kappa shape index (κ2) is 8.38. The van der Waals surface area contributed by atoms with Crippen LogP contribution in [0.3, 0.4) is 0 Å². The molecule has 0 unspecified atom stereocenters. The minimum Gasteiger partial charge on any atom is -0.373 e. The third-order valence-electron chi connectivity index (χ3n) is 5.59. The minimum atomic E-state index is -1.12. The fraction of sp³-hybridized carbons (Fsp3) is 0.273. The van der Waals surface area contributed by atoms with Gasteiger partial charge in [-0.05, 0) is 24.5 Å². The Labute approximate surface area is 187 Å². The van der Waals surface area contributed by atoms with Crippen LogP contribution in [0.25, 0.3) is 11.0 Å². The number of halogens is 2. The first-order valence-corrected chi connectivity index (χ1v) is 10.1. The van der Waals surface area contributed by atoms with Crippen LogP contribution >= 0.6 is 0 Å². The molecule has 0 spiro atoms. The number of hydrogen-bond donors (Lipinski definition) is 2. The molecule has 1 saturated heterocycles. The first-order chi connectivity index (χ1) is 15.8. The number of carbonyl (C=O) groups excluding carboxylic acids is 2. The highest BCUT2D eigenvalue weighted by Gasteiger charge is 2.31. The van der Waals surface area contributed by atoms with Crippen molar-refractivity contribution in [2.45, 2.75) is 12.5 Å². The Morgan fingerprint density at radius 1 is 1.33 bits per heavy atom. The number of anilines is 1. The number of nitrogens with two attached hydrogens (primary N) is 1. The van der Waals surface area contributed by atoms with Crippen LogP contribution in [0.15, 0.2) is 25.0 Å². The van der Waals surface area contributed by atoms with E-state index >= 15 is 0 Å². The van der Waals surface area contributed by atoms with Crippen molar-refractivity contribution in [2.24, 2.45) is 12.8 Å². The molecule has 33 heavy (non-hydrogen) atoms. The number of likely N-dealkylation sites (tertiary alicyclic amines) is 1. The number of rotatable bonds is 4. The second-order valence-electron chi connectivity index (χ2n) is 7.59. The standard InChI is InChI=1S/C22H21F2N7O2/c1-4-16(32)30-8-7-13(10-30)31-22(26-2)17(21(25)33)14(28-31)6-5-12-9-15-20(19(24)18(12)23)29(3)11-27-15/h4,9,11,13,26H,1,7-8,10H2,2-3H3,(H2,25,33)/t13-/m0/s1. The zero-order valence-electron chi connectivity index (χ0n) is 18.0. The molecule has 11 heteroatoms. The number of nitrogens with one attached hydrogen (secondary N) is 1. The van der Waals surface area contributed by atoms with Gasteiger partial charge in [0.25, 0.3) is 5.91 Å². The molecule has 1 fully saturated rings. The van der Waals surface area contributed by atoms with Gasteiger partial charge in [0, 0.05) is 27.2 Å². The van der Waals surface area contributed by atoms with Crippen LogP contribution in [0.1, 0.15) is 34.1 Å². The van der Waals surface area contributed by atoms with E-state index in [9.17, 15) is 18.4 Å². The minimum absolute atomic E-state index is 0.0151. The Hall–Kier alpha value is -4.20. The Bertz CT molecular complexity index is 1360. The summed E-state index contributed by atoms with van der Waals surface area (Å²) in [4.78, 5) is 29.8. The highest BCUT2D eigenvalue weighted by molar-refractivity contribution is 6.00. The Morgan fingerprint density at radius 3 is 2.76 bits per heavy atom. The van der Waals surface area contributed by atoms with Gasteiger partial charge < -0.3 is 20.5 Å². The molecule has 4 rings (SSSR count). The SMILES string of the molecule is C=CC(=O)N1CC[C@H](n2nc(C#Cc3cc4ncn(C)c4c(F)c3F)c(C(N)=O)c2NC)C1. The maximum atomic E-state index is 14.6. The second-order valence-corrected chi connectivity index (χ2v) is 7.59. The number of aromatic nitrogens is 4. The predicted molar refractivity (Wildman–Crippen MR) is 117 cm³/mol. The molecule has 0 saturated carbocycles. The first kappa shape index (κ1) is 22.0. The summed E-state index contributed by atoms with van der Waals surface area (Å²) < 4.78 is 32.0. The van der Waals surface area contributed by atoms with Gasteiger partial charge in [0.2, 0.25) is 5.91 Å². The average molecular weight is 453 g/mol. The highest BCUT2D eigenvalue weighted by atomic mass is 19.2. The third-order valence-corrected chi connectivity index (χ3v) is 5.59. The van der Waals surface area contributed by atoms with Crippen LogP contribution in [0.5, 0.6) is 0 Å². The van der Waals surface area contributed by atoms with Gasteiger partial charge in [-0.15, -0.1) is 0 Å². The van der Waals surface area contributed by atoms with E-state index in [1.165, 1.54) is 23.0 Å². The van der Waals surface area contributed by atoms with Gasteiger partial charge in [-0.25, -0.2) is 18.4 Å². The molecule has 1 atom stereocenters. The molecular weight excluding hydrogens is 432 g/mol. The monoisotopic (exact) mass is 453 g/mol. The lowest BCUT2D eigenvalue weighted by Crippen LogP contribution is -2.27. The van der Waals surface area contributed by atoms with Crippen molar-refractivity contribution >= 4 is 28.7 Å². The molecule has 0 aliphatic carbocycles. The van der Waals surface area contributed by atoms with E-state index in [1.54, 1.807) is 23.7 Å². The van der Waals surface area contributed by atoms with E-state index in [-0.39, 0.29) is 39.8 Å². The number of nitrogens with zero attached hydrogens (tertiary/aromatic N) is 5. The van der Waals surface area contributed by atoms with Crippen LogP contribution in [-0.2, 0) is 11.8 Å². The van der Waals surface area contributed by atoms with Crippen LogP contribution < -0.4 is 11.1 Å². The Morgan fingerprint density at radius 2 is 2.09 bits per heavy atom. The van der Waals surface area contributed by atoms with Crippen LogP contribution in [-0.4, -0.2) is 56.2 Å². The fourth-order valence-corrected chi connectivity index (χ4v) is 3.99. The number of benzene rings is 1.